The lowest BCUT2D eigenvalue weighted by molar-refractivity contribution is -0.0158. The molecule has 3 nitrogen and oxygen atoms in total. The molecule has 1 heterocycles. The minimum atomic E-state index is -0.106. The zero-order valence-electron chi connectivity index (χ0n) is 16.1. The minimum absolute atomic E-state index is 0.0607. The molecule has 0 saturated carbocycles. The highest BCUT2D eigenvalue weighted by molar-refractivity contribution is 5.44. The van der Waals surface area contributed by atoms with Crippen LogP contribution in [0.4, 0.5) is 0 Å². The van der Waals surface area contributed by atoms with Crippen LogP contribution in [-0.4, -0.2) is 24.4 Å². The van der Waals surface area contributed by atoms with E-state index < -0.39 is 0 Å². The molecule has 0 spiro atoms. The number of hydrogen-bond acceptors (Lipinski definition) is 3. The summed E-state index contributed by atoms with van der Waals surface area (Å²) in [5, 5.41) is 0. The maximum absolute atomic E-state index is 5.95. The van der Waals surface area contributed by atoms with Gasteiger partial charge >= 0.3 is 0 Å². The average Bonchev–Trinajstić information content (AvgIpc) is 2.78. The summed E-state index contributed by atoms with van der Waals surface area (Å²) in [7, 11) is 0. The third kappa shape index (κ3) is 5.55. The van der Waals surface area contributed by atoms with Crippen LogP contribution in [0.25, 0.3) is 0 Å². The number of benzene rings is 1. The highest BCUT2D eigenvalue weighted by Crippen LogP contribution is 2.37. The third-order valence-corrected chi connectivity index (χ3v) is 4.38. The fourth-order valence-electron chi connectivity index (χ4n) is 3.00. The van der Waals surface area contributed by atoms with Crippen LogP contribution in [0.1, 0.15) is 59.9 Å². The van der Waals surface area contributed by atoms with Crippen molar-refractivity contribution in [3.05, 3.63) is 35.4 Å². The molecule has 1 aromatic carbocycles. The Kier molecular flexibility index (Phi) is 5.97. The first-order chi connectivity index (χ1) is 11.2. The molecule has 0 radical (unpaired) electrons. The van der Waals surface area contributed by atoms with E-state index in [4.69, 9.17) is 14.2 Å². The average molecular weight is 332 g/mol. The number of ether oxygens (including phenoxy) is 3. The van der Waals surface area contributed by atoms with Gasteiger partial charge in [-0.3, -0.25) is 0 Å². The quantitative estimate of drug-likeness (QED) is 0.603. The summed E-state index contributed by atoms with van der Waals surface area (Å²) in [6.07, 6.45) is 5.15. The van der Waals surface area contributed by atoms with E-state index in [9.17, 15) is 0 Å². The van der Waals surface area contributed by atoms with Gasteiger partial charge in [0.05, 0.1) is 5.60 Å². The molecule has 0 unspecified atom stereocenters. The van der Waals surface area contributed by atoms with Crippen LogP contribution in [0.15, 0.2) is 29.8 Å². The maximum atomic E-state index is 5.95. The zero-order chi connectivity index (χ0) is 17.8. The topological polar surface area (TPSA) is 27.7 Å². The predicted octanol–water partition coefficient (Wildman–Crippen LogP) is 5.32. The van der Waals surface area contributed by atoms with Crippen LogP contribution in [0, 0.1) is 0 Å². The van der Waals surface area contributed by atoms with Crippen molar-refractivity contribution in [1.82, 2.24) is 0 Å². The molecule has 0 bridgehead atoms. The Hall–Kier alpha value is -1.48. The van der Waals surface area contributed by atoms with Gasteiger partial charge in [0.2, 0.25) is 0 Å². The monoisotopic (exact) mass is 332 g/mol. The van der Waals surface area contributed by atoms with Gasteiger partial charge in [0.15, 0.2) is 0 Å². The van der Waals surface area contributed by atoms with Crippen LogP contribution < -0.4 is 9.47 Å². The van der Waals surface area contributed by atoms with Gasteiger partial charge in [-0.15, -0.1) is 0 Å². The fourth-order valence-corrected chi connectivity index (χ4v) is 3.00. The molecule has 24 heavy (non-hydrogen) atoms. The van der Waals surface area contributed by atoms with Gasteiger partial charge in [0.1, 0.15) is 23.7 Å². The zero-order valence-corrected chi connectivity index (χ0v) is 16.1. The van der Waals surface area contributed by atoms with Crippen LogP contribution in [-0.2, 0) is 11.2 Å². The molecule has 0 aliphatic carbocycles. The minimum Gasteiger partial charge on any atom is -0.489 e. The molecule has 0 aromatic heterocycles. The van der Waals surface area contributed by atoms with Crippen LogP contribution in [0.3, 0.4) is 0 Å². The Labute approximate surface area is 147 Å². The van der Waals surface area contributed by atoms with Crippen molar-refractivity contribution < 1.29 is 14.2 Å². The molecule has 3 heteroatoms. The molecule has 1 aliphatic heterocycles. The fraction of sp³-hybridized carbons (Fsp3) is 0.619. The van der Waals surface area contributed by atoms with Crippen molar-refractivity contribution in [2.24, 2.45) is 0 Å². The lowest BCUT2D eigenvalue weighted by atomic mass is 9.99. The van der Waals surface area contributed by atoms with Crippen molar-refractivity contribution in [3.8, 4) is 11.5 Å². The van der Waals surface area contributed by atoms with Gasteiger partial charge in [-0.2, -0.15) is 0 Å². The normalized spacial score (nSPS) is 16.7. The van der Waals surface area contributed by atoms with Crippen molar-refractivity contribution >= 4 is 0 Å². The molecule has 0 atom stereocenters. The highest BCUT2D eigenvalue weighted by Gasteiger charge is 2.30. The predicted molar refractivity (Wildman–Crippen MR) is 99.0 cm³/mol. The van der Waals surface area contributed by atoms with Crippen LogP contribution in [0.2, 0.25) is 0 Å². The van der Waals surface area contributed by atoms with Gasteiger partial charge in [-0.25, -0.2) is 0 Å². The Balaban J connectivity index is 1.82. The second kappa shape index (κ2) is 7.60. The van der Waals surface area contributed by atoms with Crippen molar-refractivity contribution in [1.29, 1.82) is 0 Å². The van der Waals surface area contributed by atoms with Crippen LogP contribution in [0.5, 0.6) is 11.5 Å². The SMILES string of the molecule is CCOC(C)(C)CCC(C)=CCOc1ccc2c(c1)OC(C)(C)C2. The first-order valence-corrected chi connectivity index (χ1v) is 8.95. The Morgan fingerprint density at radius 3 is 2.79 bits per heavy atom. The summed E-state index contributed by atoms with van der Waals surface area (Å²) in [6, 6.07) is 6.15. The molecule has 134 valence electrons. The van der Waals surface area contributed by atoms with Crippen molar-refractivity contribution in [3.63, 3.8) is 0 Å². The summed E-state index contributed by atoms with van der Waals surface area (Å²) in [6.45, 7) is 14.1. The smallest absolute Gasteiger partial charge is 0.127 e. The Bertz CT molecular complexity index is 585. The number of rotatable bonds is 8. The van der Waals surface area contributed by atoms with Crippen molar-refractivity contribution in [2.75, 3.05) is 13.2 Å². The van der Waals surface area contributed by atoms with E-state index in [0.29, 0.717) is 6.61 Å². The lowest BCUT2D eigenvalue weighted by Gasteiger charge is -2.24. The maximum Gasteiger partial charge on any atom is 0.127 e. The van der Waals surface area contributed by atoms with E-state index in [0.717, 1.165) is 37.4 Å². The molecular formula is C21H32O3. The van der Waals surface area contributed by atoms with E-state index in [-0.39, 0.29) is 11.2 Å². The Morgan fingerprint density at radius 2 is 2.08 bits per heavy atom. The molecule has 0 amide bonds. The highest BCUT2D eigenvalue weighted by atomic mass is 16.5. The summed E-state index contributed by atoms with van der Waals surface area (Å²) in [4.78, 5) is 0. The lowest BCUT2D eigenvalue weighted by Crippen LogP contribution is -2.24. The van der Waals surface area contributed by atoms with Gasteiger partial charge in [0, 0.05) is 19.1 Å². The second-order valence-electron chi connectivity index (χ2n) is 7.86. The second-order valence-corrected chi connectivity index (χ2v) is 7.86. The van der Waals surface area contributed by atoms with Crippen molar-refractivity contribution in [2.45, 2.75) is 72.0 Å². The number of allylic oxidation sites excluding steroid dienone is 1. The largest absolute Gasteiger partial charge is 0.489 e. The van der Waals surface area contributed by atoms with E-state index in [1.54, 1.807) is 0 Å². The Morgan fingerprint density at radius 1 is 1.33 bits per heavy atom. The summed E-state index contributed by atoms with van der Waals surface area (Å²) < 4.78 is 17.6. The summed E-state index contributed by atoms with van der Waals surface area (Å²) in [5.41, 5.74) is 2.43. The van der Waals surface area contributed by atoms with Gasteiger partial charge < -0.3 is 14.2 Å². The third-order valence-electron chi connectivity index (χ3n) is 4.38. The van der Waals surface area contributed by atoms with Gasteiger partial charge in [-0.1, -0.05) is 11.6 Å². The molecule has 0 saturated heterocycles. The molecule has 0 fully saturated rings. The first-order valence-electron chi connectivity index (χ1n) is 8.95. The van der Waals surface area contributed by atoms with Crippen LogP contribution >= 0.6 is 0 Å². The van der Waals surface area contributed by atoms with E-state index >= 15 is 0 Å². The molecule has 1 aromatic rings. The molecule has 2 rings (SSSR count). The molecular weight excluding hydrogens is 300 g/mol. The number of hydrogen-bond donors (Lipinski definition) is 0. The van der Waals surface area contributed by atoms with Gasteiger partial charge in [0.25, 0.3) is 0 Å². The summed E-state index contributed by atoms with van der Waals surface area (Å²) >= 11 is 0. The first kappa shape index (κ1) is 18.9. The summed E-state index contributed by atoms with van der Waals surface area (Å²) in [5.74, 6) is 1.82. The molecule has 1 aliphatic rings. The van der Waals surface area contributed by atoms with E-state index in [2.05, 4.69) is 46.8 Å². The number of fused-ring (bicyclic) bond motifs is 1. The standard InChI is InChI=1S/C21H32O3/c1-7-23-20(3,4)12-10-16(2)11-13-22-18-9-8-17-15-21(5,6)24-19(17)14-18/h8-9,11,14H,7,10,12-13,15H2,1-6H3. The molecule has 0 N–H and O–H groups in total. The van der Waals surface area contributed by atoms with Gasteiger partial charge in [-0.05, 0) is 72.1 Å². The van der Waals surface area contributed by atoms with E-state index in [1.165, 1.54) is 11.1 Å². The van der Waals surface area contributed by atoms with E-state index in [1.807, 2.05) is 19.1 Å².